The van der Waals surface area contributed by atoms with Crippen LogP contribution in [0.3, 0.4) is 0 Å². The molecule has 7 rings (SSSR count). The quantitative estimate of drug-likeness (QED) is 0.255. The molecular weight excluding hydrogens is 466 g/mol. The van der Waals surface area contributed by atoms with Crippen LogP contribution >= 0.6 is 0 Å². The highest BCUT2D eigenvalue weighted by atomic mass is 15.0. The van der Waals surface area contributed by atoms with Crippen LogP contribution in [0.5, 0.6) is 0 Å². The largest absolute Gasteiger partial charge is 0.263 e. The predicted octanol–water partition coefficient (Wildman–Crippen LogP) is 7.64. The Bertz CT molecular complexity index is 1800. The van der Waals surface area contributed by atoms with E-state index in [4.69, 9.17) is 4.98 Å². The standard InChI is InChI=1S/C33H21N5/c1-3-13-28-26(7-1)17-34-19-30(28)22-9-5-11-24(15-22)32-36-21-37-33(38-32)25-12-6-10-23(16-25)31-20-35-18-27-8-2-4-14-29(27)31/h1-21H. The number of nitrogens with zero attached hydrogens (tertiary/aromatic N) is 5. The number of benzene rings is 4. The maximum absolute atomic E-state index is 4.85. The fourth-order valence-electron chi connectivity index (χ4n) is 4.92. The van der Waals surface area contributed by atoms with Crippen molar-refractivity contribution in [2.24, 2.45) is 0 Å². The fourth-order valence-corrected chi connectivity index (χ4v) is 4.92. The van der Waals surface area contributed by atoms with Crippen molar-refractivity contribution >= 4 is 21.5 Å². The van der Waals surface area contributed by atoms with Crippen LogP contribution in [0, 0.1) is 0 Å². The van der Waals surface area contributed by atoms with Crippen molar-refractivity contribution < 1.29 is 0 Å². The summed E-state index contributed by atoms with van der Waals surface area (Å²) in [6.07, 6.45) is 9.19. The zero-order valence-electron chi connectivity index (χ0n) is 20.4. The third kappa shape index (κ3) is 3.96. The summed E-state index contributed by atoms with van der Waals surface area (Å²) in [5.74, 6) is 1.25. The van der Waals surface area contributed by atoms with E-state index in [2.05, 4.69) is 80.6 Å². The minimum absolute atomic E-state index is 0.627. The zero-order valence-corrected chi connectivity index (χ0v) is 20.4. The Morgan fingerprint density at radius 3 is 1.42 bits per heavy atom. The van der Waals surface area contributed by atoms with Gasteiger partial charge in [0.15, 0.2) is 11.6 Å². The summed E-state index contributed by atoms with van der Waals surface area (Å²) in [6, 6.07) is 33.1. The maximum Gasteiger partial charge on any atom is 0.163 e. The first-order valence-electron chi connectivity index (χ1n) is 12.4. The Kier molecular flexibility index (Phi) is 5.37. The van der Waals surface area contributed by atoms with E-state index in [-0.39, 0.29) is 0 Å². The molecule has 0 aliphatic heterocycles. The molecule has 7 aromatic rings. The molecule has 0 spiro atoms. The van der Waals surface area contributed by atoms with E-state index in [1.54, 1.807) is 6.33 Å². The molecule has 5 heteroatoms. The smallest absolute Gasteiger partial charge is 0.163 e. The molecule has 0 unspecified atom stereocenters. The van der Waals surface area contributed by atoms with Crippen molar-refractivity contribution in [2.45, 2.75) is 0 Å². The Labute approximate surface area is 219 Å². The molecule has 0 amide bonds. The molecule has 0 fully saturated rings. The second kappa shape index (κ2) is 9.30. The van der Waals surface area contributed by atoms with Gasteiger partial charge in [-0.15, -0.1) is 0 Å². The second-order valence-corrected chi connectivity index (χ2v) is 9.11. The van der Waals surface area contributed by atoms with Gasteiger partial charge in [-0.2, -0.15) is 0 Å². The number of rotatable bonds is 4. The zero-order chi connectivity index (χ0) is 25.3. The molecule has 0 bridgehead atoms. The van der Waals surface area contributed by atoms with Crippen molar-refractivity contribution in [2.75, 3.05) is 0 Å². The van der Waals surface area contributed by atoms with Crippen molar-refractivity contribution in [3.63, 3.8) is 0 Å². The van der Waals surface area contributed by atoms with Gasteiger partial charge in [0.05, 0.1) is 0 Å². The van der Waals surface area contributed by atoms with Gasteiger partial charge in [-0.05, 0) is 34.0 Å². The van der Waals surface area contributed by atoms with E-state index in [1.807, 2.05) is 61.2 Å². The molecular formula is C33H21N5. The van der Waals surface area contributed by atoms with Gasteiger partial charge in [0, 0.05) is 57.8 Å². The summed E-state index contributed by atoms with van der Waals surface area (Å²) < 4.78 is 0. The molecule has 0 aliphatic rings. The van der Waals surface area contributed by atoms with E-state index < -0.39 is 0 Å². The summed E-state index contributed by atoms with van der Waals surface area (Å²) in [5.41, 5.74) is 6.15. The molecule has 0 saturated carbocycles. The third-order valence-corrected chi connectivity index (χ3v) is 6.77. The Morgan fingerprint density at radius 1 is 0.421 bits per heavy atom. The monoisotopic (exact) mass is 487 g/mol. The SMILES string of the molecule is c1cc(-c2ncnc(-c3cccc(-c4cncc5ccccc45)c3)n2)cc(-c2cncc3ccccc23)c1. The average molecular weight is 488 g/mol. The molecule has 0 N–H and O–H groups in total. The topological polar surface area (TPSA) is 64.5 Å². The van der Waals surface area contributed by atoms with Crippen molar-refractivity contribution in [1.29, 1.82) is 0 Å². The number of pyridine rings is 2. The molecule has 3 heterocycles. The number of fused-ring (bicyclic) bond motifs is 2. The van der Waals surface area contributed by atoms with Crippen LogP contribution in [0.4, 0.5) is 0 Å². The Morgan fingerprint density at radius 2 is 0.895 bits per heavy atom. The van der Waals surface area contributed by atoms with E-state index in [1.165, 1.54) is 0 Å². The first-order valence-corrected chi connectivity index (χ1v) is 12.4. The van der Waals surface area contributed by atoms with E-state index in [9.17, 15) is 0 Å². The van der Waals surface area contributed by atoms with Crippen LogP contribution < -0.4 is 0 Å². The molecule has 0 radical (unpaired) electrons. The Hall–Kier alpha value is -5.29. The van der Waals surface area contributed by atoms with Crippen LogP contribution in [-0.4, -0.2) is 24.9 Å². The van der Waals surface area contributed by atoms with Gasteiger partial charge in [-0.1, -0.05) is 84.9 Å². The normalized spacial score (nSPS) is 11.2. The highest BCUT2D eigenvalue weighted by Gasteiger charge is 2.11. The first-order chi connectivity index (χ1) is 18.8. The summed E-state index contributed by atoms with van der Waals surface area (Å²) in [7, 11) is 0. The van der Waals surface area contributed by atoms with Gasteiger partial charge in [0.1, 0.15) is 6.33 Å². The summed E-state index contributed by atoms with van der Waals surface area (Å²) in [5, 5.41) is 4.55. The number of hydrogen-bond acceptors (Lipinski definition) is 5. The van der Waals surface area contributed by atoms with Crippen LogP contribution in [0.15, 0.2) is 128 Å². The van der Waals surface area contributed by atoms with Crippen LogP contribution in [-0.2, 0) is 0 Å². The third-order valence-electron chi connectivity index (χ3n) is 6.77. The molecule has 178 valence electrons. The molecule has 0 aliphatic carbocycles. The number of aromatic nitrogens is 5. The molecule has 3 aromatic heterocycles. The van der Waals surface area contributed by atoms with E-state index in [0.29, 0.717) is 11.6 Å². The van der Waals surface area contributed by atoms with E-state index >= 15 is 0 Å². The van der Waals surface area contributed by atoms with Gasteiger partial charge in [0.2, 0.25) is 0 Å². The fraction of sp³-hybridized carbons (Fsp3) is 0. The maximum atomic E-state index is 4.85. The molecule has 4 aromatic carbocycles. The van der Waals surface area contributed by atoms with Crippen molar-refractivity contribution in [3.05, 3.63) is 128 Å². The van der Waals surface area contributed by atoms with Gasteiger partial charge < -0.3 is 0 Å². The van der Waals surface area contributed by atoms with Gasteiger partial charge in [-0.25, -0.2) is 15.0 Å². The lowest BCUT2D eigenvalue weighted by atomic mass is 9.99. The minimum atomic E-state index is 0.627. The van der Waals surface area contributed by atoms with Crippen LogP contribution in [0.25, 0.3) is 66.6 Å². The van der Waals surface area contributed by atoms with Gasteiger partial charge >= 0.3 is 0 Å². The molecule has 0 atom stereocenters. The van der Waals surface area contributed by atoms with Crippen molar-refractivity contribution in [3.8, 4) is 45.0 Å². The van der Waals surface area contributed by atoms with Crippen LogP contribution in [0.1, 0.15) is 0 Å². The average Bonchev–Trinajstić information content (AvgIpc) is 3.01. The van der Waals surface area contributed by atoms with Gasteiger partial charge in [0.25, 0.3) is 0 Å². The Balaban J connectivity index is 1.28. The highest BCUT2D eigenvalue weighted by molar-refractivity contribution is 5.97. The van der Waals surface area contributed by atoms with Gasteiger partial charge in [-0.3, -0.25) is 9.97 Å². The predicted molar refractivity (Wildman–Crippen MR) is 152 cm³/mol. The molecule has 38 heavy (non-hydrogen) atoms. The van der Waals surface area contributed by atoms with Crippen LogP contribution in [0.2, 0.25) is 0 Å². The summed E-state index contributed by atoms with van der Waals surface area (Å²) in [4.78, 5) is 22.8. The van der Waals surface area contributed by atoms with E-state index in [0.717, 1.165) is 54.9 Å². The first kappa shape index (κ1) is 21.9. The summed E-state index contributed by atoms with van der Waals surface area (Å²) >= 11 is 0. The number of hydrogen-bond donors (Lipinski definition) is 0. The second-order valence-electron chi connectivity index (χ2n) is 9.11. The lowest BCUT2D eigenvalue weighted by Crippen LogP contribution is -1.96. The molecule has 5 nitrogen and oxygen atoms in total. The lowest BCUT2D eigenvalue weighted by molar-refractivity contribution is 1.07. The molecule has 0 saturated heterocycles. The summed E-state index contributed by atoms with van der Waals surface area (Å²) in [6.45, 7) is 0. The lowest BCUT2D eigenvalue weighted by Gasteiger charge is -2.10. The minimum Gasteiger partial charge on any atom is -0.263 e. The van der Waals surface area contributed by atoms with Crippen molar-refractivity contribution in [1.82, 2.24) is 24.9 Å². The highest BCUT2D eigenvalue weighted by Crippen LogP contribution is 2.32.